The molecule has 0 fully saturated rings. The quantitative estimate of drug-likeness (QED) is 0.313. The number of hydrogen-bond donors (Lipinski definition) is 0. The van der Waals surface area contributed by atoms with E-state index < -0.39 is 0 Å². The third-order valence-corrected chi connectivity index (χ3v) is 5.60. The van der Waals surface area contributed by atoms with Gasteiger partial charge >= 0.3 is 0 Å². The Bertz CT molecular complexity index is 1340. The predicted octanol–water partition coefficient (Wildman–Crippen LogP) is 7.80. The lowest BCUT2D eigenvalue weighted by atomic mass is 9.95. The van der Waals surface area contributed by atoms with E-state index in [1.54, 1.807) is 0 Å². The van der Waals surface area contributed by atoms with Crippen molar-refractivity contribution in [3.8, 4) is 11.3 Å². The van der Waals surface area contributed by atoms with Crippen LogP contribution in [-0.2, 0) is 6.42 Å². The van der Waals surface area contributed by atoms with Crippen LogP contribution in [0.5, 0.6) is 0 Å². The highest BCUT2D eigenvalue weighted by molar-refractivity contribution is 6.12. The lowest BCUT2D eigenvalue weighted by molar-refractivity contribution is 0.630. The Hall–Kier alpha value is -3.58. The van der Waals surface area contributed by atoms with Crippen molar-refractivity contribution in [1.29, 1.82) is 0 Å². The molecule has 140 valence electrons. The Morgan fingerprint density at radius 1 is 0.828 bits per heavy atom. The molecule has 0 bridgehead atoms. The van der Waals surface area contributed by atoms with Crippen LogP contribution < -0.4 is 0 Å². The van der Waals surface area contributed by atoms with Gasteiger partial charge in [0.05, 0.1) is 0 Å². The van der Waals surface area contributed by atoms with Gasteiger partial charge < -0.3 is 4.42 Å². The Kier molecular flexibility index (Phi) is 4.29. The number of rotatable bonds is 4. The molecular formula is C28H22O. The summed E-state index contributed by atoms with van der Waals surface area (Å²) < 4.78 is 6.41. The van der Waals surface area contributed by atoms with Gasteiger partial charge in [-0.3, -0.25) is 0 Å². The highest BCUT2D eigenvalue weighted by Gasteiger charge is 2.18. The third kappa shape index (κ3) is 3.05. The molecule has 4 aromatic carbocycles. The van der Waals surface area contributed by atoms with Crippen molar-refractivity contribution in [1.82, 2.24) is 0 Å². The maximum atomic E-state index is 6.41. The molecule has 0 N–H and O–H groups in total. The van der Waals surface area contributed by atoms with E-state index in [0.717, 1.165) is 34.3 Å². The average molecular weight is 374 g/mol. The first-order valence-electron chi connectivity index (χ1n) is 9.95. The SMILES string of the molecule is C=Cc1c(-c2ccccc2Cc2ccc(C)cc2)oc2ccc3ccccc3c12. The molecule has 1 heteroatoms. The zero-order chi connectivity index (χ0) is 19.8. The van der Waals surface area contributed by atoms with Gasteiger partial charge in [-0.2, -0.15) is 0 Å². The van der Waals surface area contributed by atoms with Crippen molar-refractivity contribution in [2.24, 2.45) is 0 Å². The lowest BCUT2D eigenvalue weighted by Crippen LogP contribution is -1.92. The number of benzene rings is 4. The number of fused-ring (bicyclic) bond motifs is 3. The molecule has 0 spiro atoms. The fourth-order valence-electron chi connectivity index (χ4n) is 4.11. The topological polar surface area (TPSA) is 13.1 Å². The third-order valence-electron chi connectivity index (χ3n) is 5.60. The molecule has 0 saturated carbocycles. The van der Waals surface area contributed by atoms with Crippen molar-refractivity contribution >= 4 is 27.8 Å². The van der Waals surface area contributed by atoms with Crippen LogP contribution in [0.3, 0.4) is 0 Å². The predicted molar refractivity (Wildman–Crippen MR) is 123 cm³/mol. The van der Waals surface area contributed by atoms with Crippen molar-refractivity contribution in [2.45, 2.75) is 13.3 Å². The van der Waals surface area contributed by atoms with E-state index in [9.17, 15) is 0 Å². The van der Waals surface area contributed by atoms with Crippen LogP contribution in [0, 0.1) is 6.92 Å². The molecule has 0 amide bonds. The maximum absolute atomic E-state index is 6.41. The first-order chi connectivity index (χ1) is 14.2. The van der Waals surface area contributed by atoms with Gasteiger partial charge in [0.1, 0.15) is 11.3 Å². The summed E-state index contributed by atoms with van der Waals surface area (Å²) in [4.78, 5) is 0. The summed E-state index contributed by atoms with van der Waals surface area (Å²) in [5.74, 6) is 0.897. The van der Waals surface area contributed by atoms with E-state index >= 15 is 0 Å². The van der Waals surface area contributed by atoms with Gasteiger partial charge in [-0.15, -0.1) is 0 Å². The van der Waals surface area contributed by atoms with Crippen molar-refractivity contribution in [3.63, 3.8) is 0 Å². The van der Waals surface area contributed by atoms with Crippen LogP contribution in [0.25, 0.3) is 39.1 Å². The summed E-state index contributed by atoms with van der Waals surface area (Å²) in [6, 6.07) is 29.9. The second kappa shape index (κ2) is 7.10. The van der Waals surface area contributed by atoms with Crippen molar-refractivity contribution < 1.29 is 4.42 Å². The van der Waals surface area contributed by atoms with Gasteiger partial charge in [0.25, 0.3) is 0 Å². The maximum Gasteiger partial charge on any atom is 0.142 e. The molecule has 5 rings (SSSR count). The first-order valence-corrected chi connectivity index (χ1v) is 9.95. The number of hydrogen-bond acceptors (Lipinski definition) is 1. The van der Waals surface area contributed by atoms with E-state index in [1.807, 2.05) is 6.08 Å². The van der Waals surface area contributed by atoms with Gasteiger partial charge in [-0.05, 0) is 41.3 Å². The van der Waals surface area contributed by atoms with E-state index in [4.69, 9.17) is 4.42 Å². The van der Waals surface area contributed by atoms with Crippen LogP contribution in [-0.4, -0.2) is 0 Å². The van der Waals surface area contributed by atoms with Crippen molar-refractivity contribution in [3.05, 3.63) is 114 Å². The van der Waals surface area contributed by atoms with E-state index in [1.165, 1.54) is 27.5 Å². The Morgan fingerprint density at radius 2 is 1.59 bits per heavy atom. The molecule has 1 heterocycles. The summed E-state index contributed by atoms with van der Waals surface area (Å²) in [7, 11) is 0. The molecule has 0 aliphatic carbocycles. The second-order valence-corrected chi connectivity index (χ2v) is 7.53. The van der Waals surface area contributed by atoms with Gasteiger partial charge in [0, 0.05) is 16.5 Å². The molecule has 0 saturated heterocycles. The summed E-state index contributed by atoms with van der Waals surface area (Å²) in [5, 5.41) is 3.55. The van der Waals surface area contributed by atoms with Crippen LogP contribution in [0.15, 0.2) is 95.9 Å². The number of furan rings is 1. The average Bonchev–Trinajstić information content (AvgIpc) is 3.15. The Balaban J connectivity index is 1.71. The van der Waals surface area contributed by atoms with Crippen LogP contribution in [0.4, 0.5) is 0 Å². The van der Waals surface area contributed by atoms with E-state index in [2.05, 4.69) is 98.4 Å². The fourth-order valence-corrected chi connectivity index (χ4v) is 4.11. The highest BCUT2D eigenvalue weighted by Crippen LogP contribution is 2.39. The zero-order valence-corrected chi connectivity index (χ0v) is 16.5. The first kappa shape index (κ1) is 17.5. The molecule has 1 aromatic heterocycles. The smallest absolute Gasteiger partial charge is 0.142 e. The standard InChI is InChI=1S/C28H22O/c1-3-23-27-24-10-6-4-8-21(24)16-17-26(27)29-28(23)25-11-7-5-9-22(25)18-20-14-12-19(2)13-15-20/h3-17H,1,18H2,2H3. The molecule has 29 heavy (non-hydrogen) atoms. The normalized spacial score (nSPS) is 11.2. The van der Waals surface area contributed by atoms with Gasteiger partial charge in [-0.1, -0.05) is 97.1 Å². The minimum absolute atomic E-state index is 0.866. The van der Waals surface area contributed by atoms with Gasteiger partial charge in [0.2, 0.25) is 0 Å². The minimum atomic E-state index is 0.866. The summed E-state index contributed by atoms with van der Waals surface area (Å²) in [5.41, 5.74) is 6.92. The molecule has 5 aromatic rings. The molecule has 0 aliphatic rings. The van der Waals surface area contributed by atoms with Crippen LogP contribution >= 0.6 is 0 Å². The highest BCUT2D eigenvalue weighted by atomic mass is 16.3. The summed E-state index contributed by atoms with van der Waals surface area (Å²) in [6.45, 7) is 6.23. The fraction of sp³-hybridized carbons (Fsp3) is 0.0714. The number of aryl methyl sites for hydroxylation is 1. The van der Waals surface area contributed by atoms with E-state index in [0.29, 0.717) is 0 Å². The molecule has 0 atom stereocenters. The zero-order valence-electron chi connectivity index (χ0n) is 16.5. The van der Waals surface area contributed by atoms with E-state index in [-0.39, 0.29) is 0 Å². The molecule has 1 nitrogen and oxygen atoms in total. The summed E-state index contributed by atoms with van der Waals surface area (Å²) in [6.07, 6.45) is 2.79. The Morgan fingerprint density at radius 3 is 2.41 bits per heavy atom. The molecule has 0 aliphatic heterocycles. The molecular weight excluding hydrogens is 352 g/mol. The molecule has 0 unspecified atom stereocenters. The van der Waals surface area contributed by atoms with Crippen LogP contribution in [0.2, 0.25) is 0 Å². The second-order valence-electron chi connectivity index (χ2n) is 7.53. The van der Waals surface area contributed by atoms with Gasteiger partial charge in [-0.25, -0.2) is 0 Å². The minimum Gasteiger partial charge on any atom is -0.455 e. The monoisotopic (exact) mass is 374 g/mol. The van der Waals surface area contributed by atoms with Crippen LogP contribution in [0.1, 0.15) is 22.3 Å². The summed E-state index contributed by atoms with van der Waals surface area (Å²) >= 11 is 0. The van der Waals surface area contributed by atoms with Gasteiger partial charge in [0.15, 0.2) is 0 Å². The largest absolute Gasteiger partial charge is 0.455 e. The Labute approximate surface area is 170 Å². The van der Waals surface area contributed by atoms with Crippen molar-refractivity contribution in [2.75, 3.05) is 0 Å². The lowest BCUT2D eigenvalue weighted by Gasteiger charge is -2.09. The molecule has 0 radical (unpaired) electrons.